The number of nitrogens with two attached hydrogens (primary N) is 1. The number of phosphoric acid groups is 1. The quantitative estimate of drug-likeness (QED) is 0.0165. The summed E-state index contributed by atoms with van der Waals surface area (Å²) in [5.74, 6) is -0.250. The van der Waals surface area contributed by atoms with E-state index in [1.165, 1.54) is 17.9 Å². The maximum absolute atomic E-state index is 12.3. The number of imidazole rings is 1. The molecule has 0 spiro atoms. The Kier molecular flexibility index (Phi) is 18.3. The molecule has 0 bridgehead atoms. The molecule has 3 amide bonds. The molecule has 8 atom stereocenters. The van der Waals surface area contributed by atoms with E-state index in [4.69, 9.17) is 39.4 Å². The lowest BCUT2D eigenvalue weighted by Gasteiger charge is -2.19. The minimum atomic E-state index is -4.90. The molecule has 22 nitrogen and oxygen atoms in total. The summed E-state index contributed by atoms with van der Waals surface area (Å²) in [6.07, 6.45) is -1.46. The molecule has 3 aliphatic heterocycles. The first-order valence-corrected chi connectivity index (χ1v) is 20.5. The van der Waals surface area contributed by atoms with Crippen LogP contribution in [0.3, 0.4) is 0 Å². The number of fused-ring (bicyclic) bond motifs is 1. The Morgan fingerprint density at radius 2 is 1.73 bits per heavy atom. The number of ether oxygens (including phenoxy) is 5. The van der Waals surface area contributed by atoms with Crippen LogP contribution in [0.2, 0.25) is 0 Å². The SMILES string of the molecule is CNc1c(C(=N)N)ncn1[C@@H]1O[C@H](COP(=O)(O)OC(=O)CCOCCOCCOCCOCCNC(=O)CCCC[C@@H]2SC[C@@H]3NC(=O)N[C@@H]32)C(O)C1O. The van der Waals surface area contributed by atoms with Gasteiger partial charge in [-0.15, -0.1) is 0 Å². The van der Waals surface area contributed by atoms with Crippen molar-refractivity contribution in [2.24, 2.45) is 5.73 Å². The number of hydrogen-bond acceptors (Lipinski definition) is 17. The number of hydrogen-bond donors (Lipinski definition) is 9. The fourth-order valence-corrected chi connectivity index (χ4v) is 8.29. The number of carbonyl (C=O) groups is 3. The molecule has 3 fully saturated rings. The van der Waals surface area contributed by atoms with Gasteiger partial charge in [-0.2, -0.15) is 11.8 Å². The Morgan fingerprint density at radius 1 is 1.05 bits per heavy atom. The number of aliphatic hydroxyl groups is 2. The summed E-state index contributed by atoms with van der Waals surface area (Å²) in [4.78, 5) is 49.5. The summed E-state index contributed by atoms with van der Waals surface area (Å²) in [6.45, 7) is 1.68. The molecular formula is C31H53N8O14PS. The zero-order valence-electron chi connectivity index (χ0n) is 30.6. The van der Waals surface area contributed by atoms with Crippen LogP contribution in [0.15, 0.2) is 6.33 Å². The topological polar surface area (TPSA) is 309 Å². The Hall–Kier alpha value is -3.09. The number of urea groups is 1. The van der Waals surface area contributed by atoms with E-state index in [0.29, 0.717) is 51.2 Å². The van der Waals surface area contributed by atoms with Crippen molar-refractivity contribution in [2.75, 3.05) is 84.1 Å². The minimum absolute atomic E-state index is 0.0109. The Labute approximate surface area is 322 Å². The number of nitrogen functional groups attached to an aromatic ring is 1. The number of nitrogens with one attached hydrogen (secondary N) is 5. The number of anilines is 1. The predicted octanol–water partition coefficient (Wildman–Crippen LogP) is -1.21. The van der Waals surface area contributed by atoms with Gasteiger partial charge >= 0.3 is 19.8 Å². The molecule has 4 heterocycles. The van der Waals surface area contributed by atoms with E-state index in [1.807, 2.05) is 11.8 Å². The zero-order chi connectivity index (χ0) is 39.8. The molecule has 3 aliphatic rings. The molecule has 312 valence electrons. The monoisotopic (exact) mass is 824 g/mol. The molecule has 0 aliphatic carbocycles. The third-order valence-electron chi connectivity index (χ3n) is 8.73. The van der Waals surface area contributed by atoms with E-state index < -0.39 is 44.9 Å². The molecule has 0 saturated carbocycles. The number of carbonyl (C=O) groups excluding carboxylic acids is 3. The van der Waals surface area contributed by atoms with Gasteiger partial charge in [-0.1, -0.05) is 6.42 Å². The van der Waals surface area contributed by atoms with Crippen molar-refractivity contribution in [3.8, 4) is 0 Å². The third-order valence-corrected chi connectivity index (χ3v) is 11.2. The Morgan fingerprint density at radius 3 is 2.40 bits per heavy atom. The van der Waals surface area contributed by atoms with Crippen LogP contribution in [-0.2, 0) is 46.9 Å². The Bertz CT molecular complexity index is 1460. The lowest BCUT2D eigenvalue weighted by molar-refractivity contribution is -0.137. The molecule has 4 rings (SSSR count). The van der Waals surface area contributed by atoms with Gasteiger partial charge in [-0.05, 0) is 12.8 Å². The second kappa shape index (κ2) is 22.6. The van der Waals surface area contributed by atoms with E-state index in [9.17, 15) is 34.1 Å². The average Bonchev–Trinajstić information content (AvgIpc) is 3.90. The number of unbranched alkanes of at least 4 members (excludes halogenated alkanes) is 1. The first-order valence-electron chi connectivity index (χ1n) is 18.0. The van der Waals surface area contributed by atoms with Crippen molar-refractivity contribution in [1.29, 1.82) is 5.41 Å². The van der Waals surface area contributed by atoms with Gasteiger partial charge in [0.25, 0.3) is 0 Å². The summed E-state index contributed by atoms with van der Waals surface area (Å²) < 4.78 is 50.1. The number of thioether (sulfide) groups is 1. The number of amidine groups is 1. The van der Waals surface area contributed by atoms with Crippen molar-refractivity contribution < 1.29 is 66.8 Å². The highest BCUT2D eigenvalue weighted by atomic mass is 32.2. The maximum Gasteiger partial charge on any atom is 0.529 e. The van der Waals surface area contributed by atoms with E-state index in [1.54, 1.807) is 0 Å². The standard InChI is InChI=1S/C31H53N8O14PS/c1-34-29-25(28(32)33)36-18-39(29)30-27(43)26(42)20(52-30)16-51-54(45,46)53-23(41)6-8-47-10-12-49-14-15-50-13-11-48-9-7-35-22(40)5-3-2-4-21-24-19(17-55-21)37-31(44)38-24/h18-21,24,26-27,30,34,42-43H,2-17H2,1H3,(H3,32,33)(H,35,40)(H,45,46)(H2,37,38,44)/t19-,20+,21-,24-,26?,27?,30+/m0/s1. The van der Waals surface area contributed by atoms with Crippen LogP contribution in [0, 0.1) is 5.41 Å². The fraction of sp³-hybridized carbons (Fsp3) is 0.774. The van der Waals surface area contributed by atoms with Crippen molar-refractivity contribution in [3.63, 3.8) is 0 Å². The third kappa shape index (κ3) is 14.1. The van der Waals surface area contributed by atoms with E-state index >= 15 is 0 Å². The van der Waals surface area contributed by atoms with Crippen LogP contribution in [-0.4, -0.2) is 163 Å². The Balaban J connectivity index is 0.917. The second-order valence-corrected chi connectivity index (χ2v) is 15.4. The summed E-state index contributed by atoms with van der Waals surface area (Å²) in [5.41, 5.74) is 5.60. The van der Waals surface area contributed by atoms with E-state index in [0.717, 1.165) is 25.0 Å². The highest BCUT2D eigenvalue weighted by Crippen LogP contribution is 2.45. The van der Waals surface area contributed by atoms with Gasteiger partial charge in [0.05, 0.1) is 84.3 Å². The smallest absolute Gasteiger partial charge is 0.387 e. The van der Waals surface area contributed by atoms with Crippen LogP contribution < -0.4 is 27.0 Å². The van der Waals surface area contributed by atoms with Gasteiger partial charge in [0.1, 0.15) is 35.7 Å². The van der Waals surface area contributed by atoms with Crippen LogP contribution >= 0.6 is 19.6 Å². The largest absolute Gasteiger partial charge is 0.529 e. The number of aliphatic hydroxyl groups excluding tert-OH is 2. The van der Waals surface area contributed by atoms with Gasteiger partial charge in [0.2, 0.25) is 5.91 Å². The molecule has 3 unspecified atom stereocenters. The lowest BCUT2D eigenvalue weighted by atomic mass is 10.0. The summed E-state index contributed by atoms with van der Waals surface area (Å²) in [5, 5.41) is 40.4. The van der Waals surface area contributed by atoms with Gasteiger partial charge in [-0.3, -0.25) is 29.0 Å². The molecule has 3 saturated heterocycles. The van der Waals surface area contributed by atoms with Crippen molar-refractivity contribution in [2.45, 2.75) is 74.0 Å². The molecule has 24 heteroatoms. The van der Waals surface area contributed by atoms with Gasteiger partial charge < -0.3 is 65.4 Å². The van der Waals surface area contributed by atoms with Crippen LogP contribution in [0.4, 0.5) is 10.6 Å². The van der Waals surface area contributed by atoms with Crippen molar-refractivity contribution in [3.05, 3.63) is 12.0 Å². The lowest BCUT2D eigenvalue weighted by Crippen LogP contribution is -2.36. The minimum Gasteiger partial charge on any atom is -0.387 e. The van der Waals surface area contributed by atoms with Crippen molar-refractivity contribution in [1.82, 2.24) is 25.5 Å². The molecule has 1 aromatic rings. The number of aromatic nitrogens is 2. The second-order valence-electron chi connectivity index (χ2n) is 12.7. The zero-order valence-corrected chi connectivity index (χ0v) is 32.3. The molecular weight excluding hydrogens is 771 g/mol. The number of rotatable bonds is 27. The molecule has 0 aromatic carbocycles. The first kappa shape index (κ1) is 44.6. The van der Waals surface area contributed by atoms with Gasteiger partial charge in [-0.25, -0.2) is 14.3 Å². The van der Waals surface area contributed by atoms with E-state index in [-0.39, 0.29) is 67.6 Å². The summed E-state index contributed by atoms with van der Waals surface area (Å²) in [6, 6.07) is 0.312. The predicted molar refractivity (Wildman–Crippen MR) is 195 cm³/mol. The maximum atomic E-state index is 12.3. The van der Waals surface area contributed by atoms with Gasteiger partial charge in [0, 0.05) is 31.0 Å². The fourth-order valence-electron chi connectivity index (χ4n) is 6.01. The number of nitrogens with zero attached hydrogens (tertiary/aromatic N) is 2. The normalized spacial score (nSPS) is 25.5. The molecule has 0 radical (unpaired) electrons. The van der Waals surface area contributed by atoms with E-state index in [2.05, 4.69) is 30.8 Å². The van der Waals surface area contributed by atoms with Crippen LogP contribution in [0.25, 0.3) is 0 Å². The van der Waals surface area contributed by atoms with Crippen molar-refractivity contribution >= 4 is 49.1 Å². The summed E-state index contributed by atoms with van der Waals surface area (Å²) in [7, 11) is -3.36. The molecule has 10 N–H and O–H groups in total. The average molecular weight is 825 g/mol. The van der Waals surface area contributed by atoms with Crippen LogP contribution in [0.5, 0.6) is 0 Å². The first-order chi connectivity index (χ1) is 26.4. The van der Waals surface area contributed by atoms with Gasteiger partial charge in [0.15, 0.2) is 6.23 Å². The highest BCUT2D eigenvalue weighted by molar-refractivity contribution is 8.00. The summed E-state index contributed by atoms with van der Waals surface area (Å²) >= 11 is 1.87. The molecule has 1 aromatic heterocycles. The van der Waals surface area contributed by atoms with Crippen LogP contribution in [0.1, 0.15) is 44.0 Å². The highest BCUT2D eigenvalue weighted by Gasteiger charge is 2.46. The molecule has 55 heavy (non-hydrogen) atoms. The number of phosphoric ester groups is 1. The number of amides is 3.